The Morgan fingerprint density at radius 1 is 1.26 bits per heavy atom. The first kappa shape index (κ1) is 16.0. The number of nitrogens with two attached hydrogens (primary N) is 1. The Morgan fingerprint density at radius 3 is 2.32 bits per heavy atom. The molecule has 1 aromatic carbocycles. The molecule has 0 aromatic heterocycles. The maximum atomic E-state index is 12.7. The molecule has 1 rings (SSSR count). The van der Waals surface area contributed by atoms with E-state index in [-0.39, 0.29) is 12.6 Å². The van der Waals surface area contributed by atoms with Gasteiger partial charge in [-0.15, -0.1) is 0 Å². The van der Waals surface area contributed by atoms with Gasteiger partial charge in [-0.2, -0.15) is 13.2 Å². The van der Waals surface area contributed by atoms with E-state index in [0.29, 0.717) is 18.4 Å². The topological polar surface area (TPSA) is 46.2 Å². The van der Waals surface area contributed by atoms with Gasteiger partial charge in [-0.1, -0.05) is 32.0 Å². The first-order chi connectivity index (χ1) is 8.75. The van der Waals surface area contributed by atoms with Crippen molar-refractivity contribution in [1.82, 2.24) is 0 Å². The normalized spacial score (nSPS) is 17.0. The molecule has 0 heterocycles. The summed E-state index contributed by atoms with van der Waals surface area (Å²) in [5, 5.41) is 9.16. The predicted molar refractivity (Wildman–Crippen MR) is 68.8 cm³/mol. The molecule has 3 N–H and O–H groups in total. The molecular formula is C14H20F3NO. The van der Waals surface area contributed by atoms with Gasteiger partial charge in [-0.05, 0) is 24.5 Å². The van der Waals surface area contributed by atoms with Crippen LogP contribution in [0.5, 0.6) is 0 Å². The zero-order valence-electron chi connectivity index (χ0n) is 11.2. The van der Waals surface area contributed by atoms with Gasteiger partial charge >= 0.3 is 6.18 Å². The zero-order chi connectivity index (χ0) is 14.7. The number of hydrogen-bond acceptors (Lipinski definition) is 2. The van der Waals surface area contributed by atoms with Gasteiger partial charge < -0.3 is 10.8 Å². The van der Waals surface area contributed by atoms with E-state index < -0.39 is 17.2 Å². The van der Waals surface area contributed by atoms with Crippen LogP contribution in [0.3, 0.4) is 0 Å². The maximum Gasteiger partial charge on any atom is 0.416 e. The average Bonchev–Trinajstić information content (AvgIpc) is 2.37. The van der Waals surface area contributed by atoms with Crippen molar-refractivity contribution in [3.63, 3.8) is 0 Å². The van der Waals surface area contributed by atoms with Crippen molar-refractivity contribution in [1.29, 1.82) is 0 Å². The molecule has 0 radical (unpaired) electrons. The van der Waals surface area contributed by atoms with Crippen molar-refractivity contribution in [3.8, 4) is 0 Å². The fourth-order valence-corrected chi connectivity index (χ4v) is 2.28. The SMILES string of the molecule is CCC(N)C(C)(CCO)c1cccc(C(F)(F)F)c1. The highest BCUT2D eigenvalue weighted by Crippen LogP contribution is 2.36. The molecule has 1 aromatic rings. The molecule has 108 valence electrons. The van der Waals surface area contributed by atoms with Gasteiger partial charge in [0, 0.05) is 18.1 Å². The smallest absolute Gasteiger partial charge is 0.396 e. The van der Waals surface area contributed by atoms with Gasteiger partial charge in [0.1, 0.15) is 0 Å². The molecule has 0 spiro atoms. The second-order valence-electron chi connectivity index (χ2n) is 4.98. The number of aliphatic hydroxyl groups excluding tert-OH is 1. The Bertz CT molecular complexity index is 419. The molecule has 2 unspecified atom stereocenters. The summed E-state index contributed by atoms with van der Waals surface area (Å²) < 4.78 is 38.2. The lowest BCUT2D eigenvalue weighted by molar-refractivity contribution is -0.137. The van der Waals surface area contributed by atoms with Crippen LogP contribution in [0.2, 0.25) is 0 Å². The molecule has 0 fully saturated rings. The van der Waals surface area contributed by atoms with Crippen LogP contribution in [0.1, 0.15) is 37.8 Å². The molecule has 0 saturated heterocycles. The van der Waals surface area contributed by atoms with E-state index in [4.69, 9.17) is 10.8 Å². The maximum absolute atomic E-state index is 12.7. The standard InChI is InChI=1S/C14H20F3NO/c1-3-12(18)13(2,7-8-19)10-5-4-6-11(9-10)14(15,16)17/h4-6,9,12,19H,3,7-8,18H2,1-2H3. The first-order valence-corrected chi connectivity index (χ1v) is 6.30. The van der Waals surface area contributed by atoms with Crippen LogP contribution in [0, 0.1) is 0 Å². The van der Waals surface area contributed by atoms with E-state index in [1.165, 1.54) is 6.07 Å². The Labute approximate surface area is 111 Å². The first-order valence-electron chi connectivity index (χ1n) is 6.30. The van der Waals surface area contributed by atoms with E-state index in [1.807, 2.05) is 6.92 Å². The minimum absolute atomic E-state index is 0.111. The second kappa shape index (κ2) is 5.92. The number of halogens is 3. The Hall–Kier alpha value is -1.07. The fraction of sp³-hybridized carbons (Fsp3) is 0.571. The number of aliphatic hydroxyl groups is 1. The van der Waals surface area contributed by atoms with E-state index in [0.717, 1.165) is 12.1 Å². The van der Waals surface area contributed by atoms with E-state index >= 15 is 0 Å². The Morgan fingerprint density at radius 2 is 1.84 bits per heavy atom. The minimum atomic E-state index is -4.37. The van der Waals surface area contributed by atoms with Crippen molar-refractivity contribution in [2.45, 2.75) is 44.3 Å². The molecule has 0 bridgehead atoms. The quantitative estimate of drug-likeness (QED) is 0.867. The lowest BCUT2D eigenvalue weighted by atomic mass is 9.72. The summed E-state index contributed by atoms with van der Waals surface area (Å²) in [5.41, 5.74) is 5.21. The van der Waals surface area contributed by atoms with Gasteiger partial charge in [0.2, 0.25) is 0 Å². The monoisotopic (exact) mass is 275 g/mol. The molecule has 2 nitrogen and oxygen atoms in total. The van der Waals surface area contributed by atoms with E-state index in [1.54, 1.807) is 13.0 Å². The lowest BCUT2D eigenvalue weighted by Crippen LogP contribution is -2.43. The second-order valence-corrected chi connectivity index (χ2v) is 4.98. The largest absolute Gasteiger partial charge is 0.416 e. The van der Waals surface area contributed by atoms with Crippen LogP contribution in [0.4, 0.5) is 13.2 Å². The summed E-state index contributed by atoms with van der Waals surface area (Å²) in [4.78, 5) is 0. The third kappa shape index (κ3) is 3.48. The van der Waals surface area contributed by atoms with Gasteiger partial charge in [0.05, 0.1) is 5.56 Å². The summed E-state index contributed by atoms with van der Waals surface area (Å²) in [6, 6.07) is 4.89. The van der Waals surface area contributed by atoms with Crippen LogP contribution in [0.25, 0.3) is 0 Å². The molecule has 0 aliphatic heterocycles. The molecule has 0 saturated carbocycles. The molecule has 0 amide bonds. The van der Waals surface area contributed by atoms with Crippen molar-refractivity contribution in [3.05, 3.63) is 35.4 Å². The van der Waals surface area contributed by atoms with Gasteiger partial charge in [-0.25, -0.2) is 0 Å². The van der Waals surface area contributed by atoms with Crippen LogP contribution < -0.4 is 5.73 Å². The summed E-state index contributed by atoms with van der Waals surface area (Å²) in [7, 11) is 0. The van der Waals surface area contributed by atoms with Crippen molar-refractivity contribution in [2.75, 3.05) is 6.61 Å². The van der Waals surface area contributed by atoms with E-state index in [2.05, 4.69) is 0 Å². The molecule has 0 aliphatic rings. The van der Waals surface area contributed by atoms with E-state index in [9.17, 15) is 13.2 Å². The summed E-state index contributed by atoms with van der Waals surface area (Å²) >= 11 is 0. The van der Waals surface area contributed by atoms with Crippen molar-refractivity contribution in [2.24, 2.45) is 5.73 Å². The number of rotatable bonds is 5. The molecule has 5 heteroatoms. The Kier molecular flexibility index (Phi) is 4.98. The third-order valence-electron chi connectivity index (χ3n) is 3.74. The highest BCUT2D eigenvalue weighted by atomic mass is 19.4. The lowest BCUT2D eigenvalue weighted by Gasteiger charge is -2.35. The minimum Gasteiger partial charge on any atom is -0.396 e. The van der Waals surface area contributed by atoms with Crippen molar-refractivity contribution >= 4 is 0 Å². The number of hydrogen-bond donors (Lipinski definition) is 2. The molecule has 19 heavy (non-hydrogen) atoms. The van der Waals surface area contributed by atoms with Crippen LogP contribution in [-0.2, 0) is 11.6 Å². The summed E-state index contributed by atoms with van der Waals surface area (Å²) in [6.07, 6.45) is -3.40. The molecular weight excluding hydrogens is 255 g/mol. The third-order valence-corrected chi connectivity index (χ3v) is 3.74. The summed E-state index contributed by atoms with van der Waals surface area (Å²) in [6.45, 7) is 3.57. The molecule has 0 aliphatic carbocycles. The van der Waals surface area contributed by atoms with Crippen molar-refractivity contribution < 1.29 is 18.3 Å². The van der Waals surface area contributed by atoms with Gasteiger partial charge in [0.15, 0.2) is 0 Å². The van der Waals surface area contributed by atoms with Gasteiger partial charge in [0.25, 0.3) is 0 Å². The van der Waals surface area contributed by atoms with Crippen LogP contribution in [-0.4, -0.2) is 17.8 Å². The molecule has 2 atom stereocenters. The fourth-order valence-electron chi connectivity index (χ4n) is 2.28. The number of alkyl halides is 3. The van der Waals surface area contributed by atoms with Crippen LogP contribution in [0.15, 0.2) is 24.3 Å². The average molecular weight is 275 g/mol. The zero-order valence-corrected chi connectivity index (χ0v) is 11.2. The summed E-state index contributed by atoms with van der Waals surface area (Å²) in [5.74, 6) is 0. The highest BCUT2D eigenvalue weighted by Gasteiger charge is 2.35. The Balaban J connectivity index is 3.24. The predicted octanol–water partition coefficient (Wildman–Crippen LogP) is 3.08. The highest BCUT2D eigenvalue weighted by molar-refractivity contribution is 5.32. The van der Waals surface area contributed by atoms with Crippen LogP contribution >= 0.6 is 0 Å². The van der Waals surface area contributed by atoms with Gasteiger partial charge in [-0.3, -0.25) is 0 Å². The number of benzene rings is 1.